The predicted molar refractivity (Wildman–Crippen MR) is 129 cm³/mol. The van der Waals surface area contributed by atoms with Gasteiger partial charge in [-0.1, -0.05) is 11.6 Å². The number of piperidine rings is 1. The number of anilines is 2. The van der Waals surface area contributed by atoms with Gasteiger partial charge in [0.1, 0.15) is 16.1 Å². The molecule has 1 saturated heterocycles. The summed E-state index contributed by atoms with van der Waals surface area (Å²) in [6.07, 6.45) is 4.10. The molecule has 3 heterocycles. The molecular weight excluding hydrogens is 469 g/mol. The van der Waals surface area contributed by atoms with Gasteiger partial charge >= 0.3 is 6.09 Å². The van der Waals surface area contributed by atoms with Crippen LogP contribution in [0.25, 0.3) is 10.9 Å². The molecule has 0 spiro atoms. The van der Waals surface area contributed by atoms with Crippen molar-refractivity contribution in [3.8, 4) is 6.07 Å². The Morgan fingerprint density at radius 3 is 2.52 bits per heavy atom. The number of hydrogen-bond acceptors (Lipinski definition) is 9. The normalized spacial score (nSPS) is 14.3. The lowest BCUT2D eigenvalue weighted by molar-refractivity contribution is 0.0204. The van der Waals surface area contributed by atoms with Crippen molar-refractivity contribution in [2.45, 2.75) is 57.2 Å². The largest absolute Gasteiger partial charge is 0.444 e. The highest BCUT2D eigenvalue weighted by Gasteiger charge is 2.31. The van der Waals surface area contributed by atoms with E-state index in [4.69, 9.17) is 33.2 Å². The van der Waals surface area contributed by atoms with Crippen LogP contribution in [0.1, 0.15) is 40.5 Å². The molecule has 2 aromatic heterocycles. The zero-order valence-electron chi connectivity index (χ0n) is 19.4. The molecule has 180 valence electrons. The number of nitrogens with two attached hydrogens (primary N) is 2. The number of amides is 1. The molecule has 1 aliphatic rings. The van der Waals surface area contributed by atoms with Crippen LogP contribution in [0.3, 0.4) is 0 Å². The number of nitrogen functional groups attached to an aromatic ring is 1. The molecule has 4 N–H and O–H groups in total. The van der Waals surface area contributed by atoms with Gasteiger partial charge in [-0.15, -0.1) is 11.8 Å². The fourth-order valence-electron chi connectivity index (χ4n) is 3.42. The molecule has 0 atom stereocenters. The zero-order chi connectivity index (χ0) is 24.9. The maximum atomic E-state index is 14.6. The van der Waals surface area contributed by atoms with Crippen LogP contribution in [0.4, 0.5) is 20.6 Å². The van der Waals surface area contributed by atoms with Gasteiger partial charge in [0.05, 0.1) is 17.4 Å². The van der Waals surface area contributed by atoms with Gasteiger partial charge in [-0.2, -0.15) is 5.26 Å². The molecule has 0 aliphatic carbocycles. The standard InChI is InChI=1S/C19H26ClFN6O2S.C2H3N/c1-19(2,3)29-18(28)26-7-5-10(6-8-26)27(23)15-11-9-24-16(20)12(21)14(11)25-17(30-4)13(15)22;1-2-3/h9-10H,5-8,22-23H2,1-4H3;1H3. The molecule has 9 nitrogen and oxygen atoms in total. The summed E-state index contributed by atoms with van der Waals surface area (Å²) in [5, 5.41) is 9.46. The Bertz CT molecular complexity index is 1050. The number of halogens is 2. The van der Waals surface area contributed by atoms with Gasteiger partial charge in [0, 0.05) is 37.6 Å². The van der Waals surface area contributed by atoms with E-state index in [0.717, 1.165) is 0 Å². The van der Waals surface area contributed by atoms with Crippen LogP contribution in [-0.4, -0.2) is 51.9 Å². The summed E-state index contributed by atoms with van der Waals surface area (Å²) in [7, 11) is 0. The zero-order valence-corrected chi connectivity index (χ0v) is 20.9. The second kappa shape index (κ2) is 11.0. The molecule has 0 radical (unpaired) electrons. The van der Waals surface area contributed by atoms with E-state index in [1.807, 2.05) is 20.8 Å². The molecule has 12 heteroatoms. The number of ether oxygens (including phenoxy) is 1. The highest BCUT2D eigenvalue weighted by atomic mass is 35.5. The van der Waals surface area contributed by atoms with Crippen molar-refractivity contribution >= 4 is 51.7 Å². The Kier molecular flexibility index (Phi) is 8.94. The molecule has 0 aromatic carbocycles. The maximum Gasteiger partial charge on any atom is 0.410 e. The molecule has 2 aromatic rings. The van der Waals surface area contributed by atoms with Crippen LogP contribution in [0.2, 0.25) is 5.15 Å². The number of rotatable bonds is 3. The monoisotopic (exact) mass is 497 g/mol. The molecule has 1 fully saturated rings. The number of carbonyl (C=O) groups is 1. The predicted octanol–water partition coefficient (Wildman–Crippen LogP) is 4.34. The number of nitrogens with zero attached hydrogens (tertiary/aromatic N) is 5. The Hall–Kier alpha value is -2.55. The van der Waals surface area contributed by atoms with E-state index in [1.54, 1.807) is 22.2 Å². The number of fused-ring (bicyclic) bond motifs is 1. The van der Waals surface area contributed by atoms with Crippen molar-refractivity contribution in [3.05, 3.63) is 17.2 Å². The number of thioether (sulfide) groups is 1. The van der Waals surface area contributed by atoms with E-state index in [1.165, 1.54) is 24.9 Å². The molecule has 0 unspecified atom stereocenters. The van der Waals surface area contributed by atoms with Gasteiger partial charge in [-0.05, 0) is 39.9 Å². The number of carbonyl (C=O) groups excluding carboxylic acids is 1. The molecular formula is C21H29ClFN7O2S. The Balaban J connectivity index is 0.00000122. The summed E-state index contributed by atoms with van der Waals surface area (Å²) in [6.45, 7) is 7.91. The number of pyridine rings is 2. The summed E-state index contributed by atoms with van der Waals surface area (Å²) in [4.78, 5) is 22.2. The minimum Gasteiger partial charge on any atom is -0.444 e. The summed E-state index contributed by atoms with van der Waals surface area (Å²) >= 11 is 7.13. The van der Waals surface area contributed by atoms with Crippen LogP contribution in [0, 0.1) is 17.1 Å². The van der Waals surface area contributed by atoms with Crippen molar-refractivity contribution in [2.75, 3.05) is 30.1 Å². The highest BCUT2D eigenvalue weighted by Crippen LogP contribution is 2.39. The van der Waals surface area contributed by atoms with E-state index in [-0.39, 0.29) is 22.8 Å². The first-order valence-corrected chi connectivity index (χ1v) is 11.8. The number of hydrazine groups is 1. The lowest BCUT2D eigenvalue weighted by Crippen LogP contribution is -2.50. The number of aromatic nitrogens is 2. The van der Waals surface area contributed by atoms with Gasteiger partial charge in [-0.3, -0.25) is 0 Å². The lowest BCUT2D eigenvalue weighted by Gasteiger charge is -2.38. The lowest BCUT2D eigenvalue weighted by atomic mass is 10.0. The van der Waals surface area contributed by atoms with Crippen LogP contribution < -0.4 is 16.6 Å². The van der Waals surface area contributed by atoms with Crippen molar-refractivity contribution in [3.63, 3.8) is 0 Å². The van der Waals surface area contributed by atoms with Crippen LogP contribution in [0.5, 0.6) is 0 Å². The molecule has 33 heavy (non-hydrogen) atoms. The summed E-state index contributed by atoms with van der Waals surface area (Å²) in [6, 6.07) is 1.64. The summed E-state index contributed by atoms with van der Waals surface area (Å²) in [5.74, 6) is 5.76. The number of hydrogen-bond donors (Lipinski definition) is 2. The molecule has 1 amide bonds. The van der Waals surface area contributed by atoms with E-state index in [9.17, 15) is 9.18 Å². The molecule has 3 rings (SSSR count). The molecule has 0 bridgehead atoms. The van der Waals surface area contributed by atoms with Crippen molar-refractivity contribution in [1.29, 1.82) is 5.26 Å². The minimum atomic E-state index is -0.709. The van der Waals surface area contributed by atoms with E-state index < -0.39 is 11.4 Å². The van der Waals surface area contributed by atoms with Crippen molar-refractivity contribution in [1.82, 2.24) is 14.9 Å². The number of nitriles is 1. The average Bonchev–Trinajstić information content (AvgIpc) is 2.75. The SMILES string of the molecule is CC#N.CSc1nc2c(F)c(Cl)ncc2c(N(N)C2CCN(C(=O)OC(C)(C)C)CC2)c1N. The van der Waals surface area contributed by atoms with Crippen LogP contribution >= 0.6 is 23.4 Å². The Morgan fingerprint density at radius 1 is 1.42 bits per heavy atom. The summed E-state index contributed by atoms with van der Waals surface area (Å²) < 4.78 is 20.0. The number of likely N-dealkylation sites (tertiary alicyclic amines) is 1. The van der Waals surface area contributed by atoms with Gasteiger partial charge < -0.3 is 20.4 Å². The fraction of sp³-hybridized carbons (Fsp3) is 0.524. The van der Waals surface area contributed by atoms with Gasteiger partial charge in [0.15, 0.2) is 11.0 Å². The minimum absolute atomic E-state index is 0.0743. The third-order valence-corrected chi connectivity index (χ3v) is 5.83. The third kappa shape index (κ3) is 6.28. The molecule has 1 aliphatic heterocycles. The Morgan fingerprint density at radius 2 is 2.00 bits per heavy atom. The van der Waals surface area contributed by atoms with Gasteiger partial charge in [0.25, 0.3) is 0 Å². The second-order valence-electron chi connectivity index (χ2n) is 8.34. The van der Waals surface area contributed by atoms with Crippen LogP contribution in [-0.2, 0) is 4.74 Å². The Labute approximate surface area is 202 Å². The third-order valence-electron chi connectivity index (χ3n) is 4.87. The first-order valence-electron chi connectivity index (χ1n) is 10.2. The quantitative estimate of drug-likeness (QED) is 0.275. The summed E-state index contributed by atoms with van der Waals surface area (Å²) in [5.41, 5.74) is 6.67. The van der Waals surface area contributed by atoms with Gasteiger partial charge in [-0.25, -0.2) is 25.0 Å². The topological polar surface area (TPSA) is 134 Å². The van der Waals surface area contributed by atoms with E-state index >= 15 is 0 Å². The fourth-order valence-corrected chi connectivity index (χ4v) is 4.05. The van der Waals surface area contributed by atoms with Gasteiger partial charge in [0.2, 0.25) is 0 Å². The highest BCUT2D eigenvalue weighted by molar-refractivity contribution is 7.98. The second-order valence-corrected chi connectivity index (χ2v) is 9.49. The van der Waals surface area contributed by atoms with E-state index in [0.29, 0.717) is 47.7 Å². The van der Waals surface area contributed by atoms with Crippen LogP contribution in [0.15, 0.2) is 11.2 Å². The average molecular weight is 498 g/mol. The smallest absolute Gasteiger partial charge is 0.410 e. The van der Waals surface area contributed by atoms with Crippen molar-refractivity contribution in [2.24, 2.45) is 5.84 Å². The first kappa shape index (κ1) is 26.7. The van der Waals surface area contributed by atoms with Crippen molar-refractivity contribution < 1.29 is 13.9 Å². The maximum absolute atomic E-state index is 14.6. The first-order chi connectivity index (χ1) is 15.4. The molecule has 0 saturated carbocycles. The van der Waals surface area contributed by atoms with E-state index in [2.05, 4.69) is 9.97 Å².